The Kier molecular flexibility index (Phi) is 7.85. The van der Waals surface area contributed by atoms with Gasteiger partial charge < -0.3 is 39.7 Å². The highest BCUT2D eigenvalue weighted by Crippen LogP contribution is 2.33. The van der Waals surface area contributed by atoms with E-state index in [0.29, 0.717) is 30.8 Å². The molecule has 2 aromatic carbocycles. The molecular formula is C25H32O8. The normalized spacial score (nSPS) is 30.8. The molecule has 4 bridgehead atoms. The van der Waals surface area contributed by atoms with Gasteiger partial charge in [-0.25, -0.2) is 0 Å². The lowest BCUT2D eigenvalue weighted by atomic mass is 9.98. The molecule has 0 radical (unpaired) electrons. The molecule has 0 spiro atoms. The van der Waals surface area contributed by atoms with Crippen molar-refractivity contribution in [2.45, 2.75) is 75.3 Å². The van der Waals surface area contributed by atoms with Crippen LogP contribution < -0.4 is 4.74 Å². The third-order valence-electron chi connectivity index (χ3n) is 6.35. The average Bonchev–Trinajstić information content (AvgIpc) is 2.83. The summed E-state index contributed by atoms with van der Waals surface area (Å²) in [6.07, 6.45) is -2.05. The molecule has 8 heteroatoms. The highest BCUT2D eigenvalue weighted by atomic mass is 16.7. The van der Waals surface area contributed by atoms with Crippen molar-refractivity contribution < 1.29 is 39.7 Å². The lowest BCUT2D eigenvalue weighted by Gasteiger charge is -2.41. The highest BCUT2D eigenvalue weighted by molar-refractivity contribution is 5.45. The lowest BCUT2D eigenvalue weighted by molar-refractivity contribution is -0.312. The number of ether oxygens (including phenoxy) is 3. The summed E-state index contributed by atoms with van der Waals surface area (Å²) in [5, 5.41) is 50.1. The molecule has 3 aliphatic heterocycles. The van der Waals surface area contributed by atoms with Crippen molar-refractivity contribution in [3.05, 3.63) is 53.6 Å². The van der Waals surface area contributed by atoms with E-state index in [1.807, 2.05) is 30.3 Å². The minimum absolute atomic E-state index is 0.0567. The van der Waals surface area contributed by atoms with E-state index in [1.165, 1.54) is 5.56 Å². The zero-order valence-electron chi connectivity index (χ0n) is 18.4. The van der Waals surface area contributed by atoms with E-state index in [1.54, 1.807) is 12.1 Å². The summed E-state index contributed by atoms with van der Waals surface area (Å²) >= 11 is 0. The summed E-state index contributed by atoms with van der Waals surface area (Å²) < 4.78 is 17.5. The first-order chi connectivity index (χ1) is 15.9. The first kappa shape index (κ1) is 23.9. The van der Waals surface area contributed by atoms with Gasteiger partial charge >= 0.3 is 0 Å². The fraction of sp³-hybridized carbons (Fsp3) is 0.520. The molecule has 180 valence electrons. The summed E-state index contributed by atoms with van der Waals surface area (Å²) in [5.41, 5.74) is 2.14. The Bertz CT molecular complexity index is 900. The molecule has 0 aromatic heterocycles. The van der Waals surface area contributed by atoms with Crippen LogP contribution in [0.2, 0.25) is 0 Å². The fourth-order valence-corrected chi connectivity index (χ4v) is 4.33. The number of aliphatic hydroxyl groups is 4. The first-order valence-electron chi connectivity index (χ1n) is 11.5. The Morgan fingerprint density at radius 3 is 2.36 bits per heavy atom. The van der Waals surface area contributed by atoms with Gasteiger partial charge in [0.2, 0.25) is 0 Å². The Morgan fingerprint density at radius 2 is 1.61 bits per heavy atom. The zero-order valence-corrected chi connectivity index (χ0v) is 18.4. The maximum absolute atomic E-state index is 10.4. The SMILES string of the molecule is OC[C@H]1O[C@H](O[C@@H]2CCCCc3ccc(cc3)Oc3cc(ccc3O)CC2)[C@H](O)[C@@H](O)[C@@H]1O. The fourth-order valence-electron chi connectivity index (χ4n) is 4.33. The molecule has 5 rings (SSSR count). The quantitative estimate of drug-likeness (QED) is 0.471. The molecule has 1 saturated heterocycles. The van der Waals surface area contributed by atoms with Crippen LogP contribution in [0, 0.1) is 0 Å². The van der Waals surface area contributed by atoms with Gasteiger partial charge in [-0.2, -0.15) is 0 Å². The summed E-state index contributed by atoms with van der Waals surface area (Å²) in [6, 6.07) is 13.0. The van der Waals surface area contributed by atoms with Crippen LogP contribution in [0.5, 0.6) is 17.2 Å². The van der Waals surface area contributed by atoms with Crippen molar-refractivity contribution in [3.8, 4) is 17.2 Å². The lowest BCUT2D eigenvalue weighted by Crippen LogP contribution is -2.59. The molecule has 3 heterocycles. The molecular weight excluding hydrogens is 428 g/mol. The standard InChI is InChI=1S/C25H32O8/c26-14-21-22(28)23(29)24(30)25(33-21)32-17-4-2-1-3-15-5-9-18(10-6-15)31-20-13-16(7-11-17)8-12-19(20)27/h5-6,8-10,12-13,17,21-30H,1-4,7,11,14H2/t17-,21-,22-,23+,24-,25+/m1/s1. The van der Waals surface area contributed by atoms with Gasteiger partial charge in [-0.05, 0) is 67.5 Å². The number of fused-ring (bicyclic) bond motifs is 8. The monoisotopic (exact) mass is 460 g/mol. The van der Waals surface area contributed by atoms with Crippen LogP contribution in [0.4, 0.5) is 0 Å². The van der Waals surface area contributed by atoms with Gasteiger partial charge in [-0.1, -0.05) is 24.6 Å². The van der Waals surface area contributed by atoms with Crippen LogP contribution in [0.3, 0.4) is 0 Å². The smallest absolute Gasteiger partial charge is 0.186 e. The Balaban J connectivity index is 1.51. The van der Waals surface area contributed by atoms with E-state index in [4.69, 9.17) is 14.2 Å². The number of benzene rings is 2. The number of aryl methyl sites for hydroxylation is 2. The van der Waals surface area contributed by atoms with Crippen LogP contribution in [0.15, 0.2) is 42.5 Å². The highest BCUT2D eigenvalue weighted by Gasteiger charge is 2.44. The van der Waals surface area contributed by atoms with Gasteiger partial charge in [0.25, 0.3) is 0 Å². The summed E-state index contributed by atoms with van der Waals surface area (Å²) in [5.74, 6) is 1.09. The van der Waals surface area contributed by atoms with Crippen molar-refractivity contribution >= 4 is 0 Å². The Hall–Kier alpha value is -2.20. The molecule has 0 saturated carbocycles. The van der Waals surface area contributed by atoms with Crippen molar-refractivity contribution in [1.29, 1.82) is 0 Å². The maximum Gasteiger partial charge on any atom is 0.186 e. The van der Waals surface area contributed by atoms with Crippen molar-refractivity contribution in [1.82, 2.24) is 0 Å². The van der Waals surface area contributed by atoms with Crippen LogP contribution in [-0.2, 0) is 22.3 Å². The zero-order chi connectivity index (χ0) is 23.4. The van der Waals surface area contributed by atoms with Gasteiger partial charge in [0.15, 0.2) is 17.8 Å². The van der Waals surface area contributed by atoms with Crippen LogP contribution >= 0.6 is 0 Å². The van der Waals surface area contributed by atoms with Crippen LogP contribution in [0.1, 0.15) is 36.8 Å². The second-order valence-corrected chi connectivity index (χ2v) is 8.79. The summed E-state index contributed by atoms with van der Waals surface area (Å²) in [7, 11) is 0. The summed E-state index contributed by atoms with van der Waals surface area (Å²) in [4.78, 5) is 0. The Morgan fingerprint density at radius 1 is 0.848 bits per heavy atom. The van der Waals surface area contributed by atoms with Crippen LogP contribution in [0.25, 0.3) is 0 Å². The predicted octanol–water partition coefficient (Wildman–Crippen LogP) is 2.03. The largest absolute Gasteiger partial charge is 0.504 e. The number of phenols is 1. The van der Waals surface area contributed by atoms with E-state index >= 15 is 0 Å². The molecule has 2 aromatic rings. The molecule has 0 unspecified atom stereocenters. The second kappa shape index (κ2) is 10.8. The number of hydrogen-bond donors (Lipinski definition) is 5. The van der Waals surface area contributed by atoms with Crippen molar-refractivity contribution in [2.75, 3.05) is 6.61 Å². The van der Waals surface area contributed by atoms with Gasteiger partial charge in [0.05, 0.1) is 12.7 Å². The molecule has 0 amide bonds. The first-order valence-corrected chi connectivity index (χ1v) is 11.5. The predicted molar refractivity (Wildman–Crippen MR) is 119 cm³/mol. The third kappa shape index (κ3) is 5.84. The van der Waals surface area contributed by atoms with E-state index in [9.17, 15) is 25.5 Å². The van der Waals surface area contributed by atoms with Gasteiger partial charge in [0.1, 0.15) is 30.2 Å². The minimum Gasteiger partial charge on any atom is -0.504 e. The van der Waals surface area contributed by atoms with Gasteiger partial charge in [-0.15, -0.1) is 0 Å². The second-order valence-electron chi connectivity index (χ2n) is 8.79. The third-order valence-corrected chi connectivity index (χ3v) is 6.35. The maximum atomic E-state index is 10.4. The number of rotatable bonds is 3. The molecule has 6 atom stereocenters. The van der Waals surface area contributed by atoms with E-state index < -0.39 is 37.3 Å². The molecule has 3 aliphatic rings. The molecule has 1 fully saturated rings. The number of phenolic OH excluding ortho intramolecular Hbond substituents is 1. The average molecular weight is 461 g/mol. The minimum atomic E-state index is -1.47. The number of aromatic hydroxyl groups is 1. The number of aliphatic hydroxyl groups excluding tert-OH is 4. The molecule has 5 N–H and O–H groups in total. The van der Waals surface area contributed by atoms with E-state index in [2.05, 4.69) is 0 Å². The number of hydrogen-bond acceptors (Lipinski definition) is 8. The van der Waals surface area contributed by atoms with Crippen molar-refractivity contribution in [2.24, 2.45) is 0 Å². The topological polar surface area (TPSA) is 129 Å². The van der Waals surface area contributed by atoms with Gasteiger partial charge in [-0.3, -0.25) is 0 Å². The van der Waals surface area contributed by atoms with Crippen molar-refractivity contribution in [3.63, 3.8) is 0 Å². The molecule has 8 nitrogen and oxygen atoms in total. The van der Waals surface area contributed by atoms with E-state index in [0.717, 1.165) is 24.8 Å². The molecule has 33 heavy (non-hydrogen) atoms. The van der Waals surface area contributed by atoms with E-state index in [-0.39, 0.29) is 11.9 Å². The summed E-state index contributed by atoms with van der Waals surface area (Å²) in [6.45, 7) is -0.496. The Labute approximate surface area is 193 Å². The van der Waals surface area contributed by atoms with Crippen LogP contribution in [-0.4, -0.2) is 68.9 Å². The molecule has 0 aliphatic carbocycles. The van der Waals surface area contributed by atoms with Gasteiger partial charge in [0, 0.05) is 0 Å².